The van der Waals surface area contributed by atoms with Crippen LogP contribution in [0.4, 0.5) is 0 Å². The largest absolute Gasteiger partial charge is 0.313 e. The van der Waals surface area contributed by atoms with Crippen LogP contribution < -0.4 is 5.32 Å². The van der Waals surface area contributed by atoms with Crippen molar-refractivity contribution in [3.05, 3.63) is 18.0 Å². The van der Waals surface area contributed by atoms with Gasteiger partial charge >= 0.3 is 0 Å². The Morgan fingerprint density at radius 2 is 2.40 bits per heavy atom. The third-order valence-corrected chi connectivity index (χ3v) is 3.33. The molecule has 1 heterocycles. The van der Waals surface area contributed by atoms with E-state index in [0.717, 1.165) is 6.54 Å². The Balaban J connectivity index is 2.01. The first-order chi connectivity index (χ1) is 7.31. The maximum atomic E-state index is 4.26. The Kier molecular flexibility index (Phi) is 3.41. The van der Waals surface area contributed by atoms with Crippen molar-refractivity contribution < 1.29 is 0 Å². The summed E-state index contributed by atoms with van der Waals surface area (Å²) >= 11 is 0. The van der Waals surface area contributed by atoms with Crippen LogP contribution in [-0.2, 0) is 7.05 Å². The van der Waals surface area contributed by atoms with E-state index >= 15 is 0 Å². The summed E-state index contributed by atoms with van der Waals surface area (Å²) in [6.45, 7) is 3.36. The van der Waals surface area contributed by atoms with Gasteiger partial charge < -0.3 is 5.32 Å². The first-order valence-electron chi connectivity index (χ1n) is 6.03. The third-order valence-electron chi connectivity index (χ3n) is 3.33. The third kappa shape index (κ3) is 2.40. The van der Waals surface area contributed by atoms with E-state index in [4.69, 9.17) is 0 Å². The maximum absolute atomic E-state index is 4.26. The van der Waals surface area contributed by atoms with E-state index in [1.54, 1.807) is 0 Å². The fourth-order valence-corrected chi connectivity index (χ4v) is 2.56. The normalized spacial score (nSPS) is 26.0. The van der Waals surface area contributed by atoms with Gasteiger partial charge in [-0.05, 0) is 31.4 Å². The average Bonchev–Trinajstić information content (AvgIpc) is 2.82. The molecule has 2 atom stereocenters. The molecule has 0 aliphatic heterocycles. The Labute approximate surface area is 91.9 Å². The van der Waals surface area contributed by atoms with Gasteiger partial charge in [0.2, 0.25) is 0 Å². The van der Waals surface area contributed by atoms with Gasteiger partial charge in [-0.1, -0.05) is 13.3 Å². The first-order valence-corrected chi connectivity index (χ1v) is 6.03. The van der Waals surface area contributed by atoms with Crippen LogP contribution in [0.15, 0.2) is 12.4 Å². The smallest absolute Gasteiger partial charge is 0.0525 e. The highest BCUT2D eigenvalue weighted by Crippen LogP contribution is 2.34. The van der Waals surface area contributed by atoms with E-state index in [1.165, 1.54) is 31.2 Å². The molecule has 0 bridgehead atoms. The molecule has 0 saturated heterocycles. The summed E-state index contributed by atoms with van der Waals surface area (Å²) in [5.41, 5.74) is 1.41. The molecule has 1 aliphatic carbocycles. The van der Waals surface area contributed by atoms with E-state index in [1.807, 2.05) is 17.9 Å². The zero-order chi connectivity index (χ0) is 10.7. The van der Waals surface area contributed by atoms with E-state index < -0.39 is 0 Å². The number of nitrogens with one attached hydrogen (secondary N) is 1. The van der Waals surface area contributed by atoms with Crippen molar-refractivity contribution in [2.24, 2.45) is 7.05 Å². The van der Waals surface area contributed by atoms with Crippen molar-refractivity contribution in [1.82, 2.24) is 15.1 Å². The van der Waals surface area contributed by atoms with Gasteiger partial charge in [-0.15, -0.1) is 0 Å². The second-order valence-corrected chi connectivity index (χ2v) is 4.55. The topological polar surface area (TPSA) is 29.9 Å². The summed E-state index contributed by atoms with van der Waals surface area (Å²) in [6.07, 6.45) is 9.39. The molecule has 0 aromatic carbocycles. The monoisotopic (exact) mass is 207 g/mol. The van der Waals surface area contributed by atoms with Crippen LogP contribution >= 0.6 is 0 Å². The second kappa shape index (κ2) is 4.79. The van der Waals surface area contributed by atoms with Gasteiger partial charge in [0, 0.05) is 25.2 Å². The highest BCUT2D eigenvalue weighted by atomic mass is 15.2. The maximum Gasteiger partial charge on any atom is 0.0525 e. The molecule has 3 nitrogen and oxygen atoms in total. The minimum Gasteiger partial charge on any atom is -0.313 e. The number of aryl methyl sites for hydroxylation is 1. The van der Waals surface area contributed by atoms with E-state index in [0.29, 0.717) is 12.0 Å². The highest BCUT2D eigenvalue weighted by Gasteiger charge is 2.28. The van der Waals surface area contributed by atoms with Crippen molar-refractivity contribution in [2.45, 2.75) is 44.6 Å². The van der Waals surface area contributed by atoms with Gasteiger partial charge in [0.15, 0.2) is 0 Å². The minimum absolute atomic E-state index is 0.675. The minimum atomic E-state index is 0.675. The zero-order valence-corrected chi connectivity index (χ0v) is 9.74. The summed E-state index contributed by atoms with van der Waals surface area (Å²) in [4.78, 5) is 0. The van der Waals surface area contributed by atoms with Crippen LogP contribution in [0.25, 0.3) is 0 Å². The van der Waals surface area contributed by atoms with Crippen LogP contribution in [0.1, 0.15) is 44.1 Å². The van der Waals surface area contributed by atoms with Gasteiger partial charge in [0.25, 0.3) is 0 Å². The van der Waals surface area contributed by atoms with Crippen molar-refractivity contribution in [3.63, 3.8) is 0 Å². The Hall–Kier alpha value is -0.830. The van der Waals surface area contributed by atoms with Gasteiger partial charge in [-0.2, -0.15) is 5.10 Å². The van der Waals surface area contributed by atoms with E-state index in [-0.39, 0.29) is 0 Å². The summed E-state index contributed by atoms with van der Waals surface area (Å²) in [5.74, 6) is 0.685. The molecule has 0 spiro atoms. The molecule has 84 valence electrons. The molecule has 1 aromatic rings. The average molecular weight is 207 g/mol. The zero-order valence-electron chi connectivity index (χ0n) is 9.74. The van der Waals surface area contributed by atoms with Crippen molar-refractivity contribution >= 4 is 0 Å². The number of nitrogens with zero attached hydrogens (tertiary/aromatic N) is 2. The summed E-state index contributed by atoms with van der Waals surface area (Å²) < 4.78 is 1.91. The molecule has 1 aromatic heterocycles. The fourth-order valence-electron chi connectivity index (χ4n) is 2.56. The lowest BCUT2D eigenvalue weighted by Crippen LogP contribution is -2.31. The molecule has 2 rings (SSSR count). The van der Waals surface area contributed by atoms with Gasteiger partial charge in [0.1, 0.15) is 0 Å². The van der Waals surface area contributed by atoms with Crippen LogP contribution in [0.3, 0.4) is 0 Å². The molecule has 1 fully saturated rings. The fraction of sp³-hybridized carbons (Fsp3) is 0.750. The Bertz CT molecular complexity index is 306. The molecular formula is C12H21N3. The number of hydrogen-bond donors (Lipinski definition) is 1. The standard InChI is InChI=1S/C12H21N3/c1-3-7-13-12-6-4-5-11(12)10-8-14-15(2)9-10/h8-9,11-13H,3-7H2,1-2H3. The van der Waals surface area contributed by atoms with Crippen molar-refractivity contribution in [3.8, 4) is 0 Å². The second-order valence-electron chi connectivity index (χ2n) is 4.55. The SMILES string of the molecule is CCCNC1CCCC1c1cnn(C)c1. The molecule has 1 aliphatic rings. The number of aromatic nitrogens is 2. The summed E-state index contributed by atoms with van der Waals surface area (Å²) in [6, 6.07) is 0.675. The lowest BCUT2D eigenvalue weighted by molar-refractivity contribution is 0.478. The van der Waals surface area contributed by atoms with Crippen LogP contribution in [0.2, 0.25) is 0 Å². The van der Waals surface area contributed by atoms with Crippen LogP contribution in [-0.4, -0.2) is 22.4 Å². The van der Waals surface area contributed by atoms with Gasteiger partial charge in [-0.3, -0.25) is 4.68 Å². The van der Waals surface area contributed by atoms with Gasteiger partial charge in [-0.25, -0.2) is 0 Å². The van der Waals surface area contributed by atoms with Crippen molar-refractivity contribution in [2.75, 3.05) is 6.54 Å². The quantitative estimate of drug-likeness (QED) is 0.819. The Morgan fingerprint density at radius 1 is 1.53 bits per heavy atom. The van der Waals surface area contributed by atoms with Gasteiger partial charge in [0.05, 0.1) is 6.20 Å². The summed E-state index contributed by atoms with van der Waals surface area (Å²) in [5, 5.41) is 7.92. The van der Waals surface area contributed by atoms with Crippen LogP contribution in [0, 0.1) is 0 Å². The predicted molar refractivity (Wildman–Crippen MR) is 61.9 cm³/mol. The van der Waals surface area contributed by atoms with E-state index in [9.17, 15) is 0 Å². The Morgan fingerprint density at radius 3 is 3.07 bits per heavy atom. The molecule has 0 radical (unpaired) electrons. The molecule has 1 saturated carbocycles. The predicted octanol–water partition coefficient (Wildman–Crippen LogP) is 2.06. The number of hydrogen-bond acceptors (Lipinski definition) is 2. The lowest BCUT2D eigenvalue weighted by atomic mass is 9.97. The molecule has 1 N–H and O–H groups in total. The van der Waals surface area contributed by atoms with Crippen molar-refractivity contribution in [1.29, 1.82) is 0 Å². The van der Waals surface area contributed by atoms with E-state index in [2.05, 4.69) is 23.5 Å². The number of rotatable bonds is 4. The van der Waals surface area contributed by atoms with Crippen LogP contribution in [0.5, 0.6) is 0 Å². The molecule has 0 amide bonds. The molecule has 2 unspecified atom stereocenters. The lowest BCUT2D eigenvalue weighted by Gasteiger charge is -2.19. The molecular weight excluding hydrogens is 186 g/mol. The molecule has 3 heteroatoms. The summed E-state index contributed by atoms with van der Waals surface area (Å²) in [7, 11) is 1.99. The molecule has 15 heavy (non-hydrogen) atoms. The highest BCUT2D eigenvalue weighted by molar-refractivity contribution is 5.16. The first kappa shape index (κ1) is 10.7.